The van der Waals surface area contributed by atoms with Crippen molar-refractivity contribution in [1.29, 1.82) is 0 Å². The molecule has 1 fully saturated rings. The van der Waals surface area contributed by atoms with Gasteiger partial charge in [0.1, 0.15) is 0 Å². The third-order valence-electron chi connectivity index (χ3n) is 4.89. The van der Waals surface area contributed by atoms with Crippen LogP contribution in [-0.4, -0.2) is 55.5 Å². The molecule has 1 aromatic rings. The second kappa shape index (κ2) is 10.1. The summed E-state index contributed by atoms with van der Waals surface area (Å²) in [5.74, 6) is 0.594. The molecule has 7 heteroatoms. The zero-order valence-electron chi connectivity index (χ0n) is 16.6. The largest absolute Gasteiger partial charge is 0.369 e. The number of primary amides is 1. The van der Waals surface area contributed by atoms with E-state index in [0.29, 0.717) is 19.1 Å². The molecule has 27 heavy (non-hydrogen) atoms. The first-order valence-electron chi connectivity index (χ1n) is 9.62. The molecule has 1 aliphatic heterocycles. The van der Waals surface area contributed by atoms with Gasteiger partial charge in [-0.25, -0.2) is 0 Å². The molecule has 4 N–H and O–H groups in total. The van der Waals surface area contributed by atoms with Gasteiger partial charge < -0.3 is 16.4 Å². The van der Waals surface area contributed by atoms with E-state index in [9.17, 15) is 4.79 Å². The standard InChI is InChI=1S/C20H32BrN5O/c1-4-23-19(25-15-9-11-26(12-10-15)13-18(22)27)24-14-20(2,3)16-7-5-6-8-17(16)21/h5-8,15H,4,9-14H2,1-3H3,(H2,22,27)(H2,23,24,25). The van der Waals surface area contributed by atoms with Crippen LogP contribution in [0.5, 0.6) is 0 Å². The Balaban J connectivity index is 1.96. The van der Waals surface area contributed by atoms with Crippen LogP contribution in [0.4, 0.5) is 0 Å². The van der Waals surface area contributed by atoms with Crippen molar-refractivity contribution in [3.63, 3.8) is 0 Å². The van der Waals surface area contributed by atoms with Crippen molar-refractivity contribution >= 4 is 27.8 Å². The van der Waals surface area contributed by atoms with Crippen molar-refractivity contribution in [3.8, 4) is 0 Å². The number of carbonyl (C=O) groups is 1. The van der Waals surface area contributed by atoms with E-state index in [0.717, 1.165) is 42.9 Å². The first kappa shape index (κ1) is 21.7. The van der Waals surface area contributed by atoms with Crippen molar-refractivity contribution in [2.24, 2.45) is 10.7 Å². The lowest BCUT2D eigenvalue weighted by atomic mass is 9.85. The van der Waals surface area contributed by atoms with E-state index in [1.807, 2.05) is 6.07 Å². The molecule has 150 valence electrons. The monoisotopic (exact) mass is 437 g/mol. The predicted molar refractivity (Wildman–Crippen MR) is 115 cm³/mol. The molecule has 0 bridgehead atoms. The summed E-state index contributed by atoms with van der Waals surface area (Å²) in [5, 5.41) is 6.91. The molecule has 0 radical (unpaired) electrons. The number of benzene rings is 1. The summed E-state index contributed by atoms with van der Waals surface area (Å²) in [6.07, 6.45) is 1.96. The Bertz CT molecular complexity index is 654. The molecule has 0 saturated carbocycles. The van der Waals surface area contributed by atoms with Crippen molar-refractivity contribution in [3.05, 3.63) is 34.3 Å². The summed E-state index contributed by atoms with van der Waals surface area (Å²) in [6.45, 7) is 10.1. The molecular formula is C20H32BrN5O. The van der Waals surface area contributed by atoms with Crippen LogP contribution in [0.2, 0.25) is 0 Å². The number of halogens is 1. The van der Waals surface area contributed by atoms with E-state index in [1.165, 1.54) is 5.56 Å². The summed E-state index contributed by atoms with van der Waals surface area (Å²) in [4.78, 5) is 18.0. The molecule has 0 spiro atoms. The minimum absolute atomic E-state index is 0.0761. The van der Waals surface area contributed by atoms with Crippen molar-refractivity contribution < 1.29 is 4.79 Å². The molecule has 6 nitrogen and oxygen atoms in total. The highest BCUT2D eigenvalue weighted by Gasteiger charge is 2.24. The summed E-state index contributed by atoms with van der Waals surface area (Å²) in [6, 6.07) is 8.68. The fourth-order valence-corrected chi connectivity index (χ4v) is 4.16. The number of rotatable bonds is 7. The minimum Gasteiger partial charge on any atom is -0.369 e. The average molecular weight is 438 g/mol. The maximum Gasteiger partial charge on any atom is 0.231 e. The highest BCUT2D eigenvalue weighted by atomic mass is 79.9. The Morgan fingerprint density at radius 3 is 2.59 bits per heavy atom. The van der Waals surface area contributed by atoms with Gasteiger partial charge in [-0.3, -0.25) is 14.7 Å². The summed E-state index contributed by atoms with van der Waals surface area (Å²) in [7, 11) is 0. The highest BCUT2D eigenvalue weighted by molar-refractivity contribution is 9.10. The Labute approximate surface area is 171 Å². The van der Waals surface area contributed by atoms with E-state index in [4.69, 9.17) is 10.7 Å². The molecular weight excluding hydrogens is 406 g/mol. The van der Waals surface area contributed by atoms with Gasteiger partial charge in [-0.2, -0.15) is 0 Å². The Kier molecular flexibility index (Phi) is 8.10. The van der Waals surface area contributed by atoms with E-state index < -0.39 is 0 Å². The number of hydrogen-bond acceptors (Lipinski definition) is 3. The Morgan fingerprint density at radius 2 is 2.00 bits per heavy atom. The van der Waals surface area contributed by atoms with Crippen LogP contribution in [0.3, 0.4) is 0 Å². The maximum absolute atomic E-state index is 11.1. The fourth-order valence-electron chi connectivity index (χ4n) is 3.34. The van der Waals surface area contributed by atoms with Crippen LogP contribution in [-0.2, 0) is 10.2 Å². The highest BCUT2D eigenvalue weighted by Crippen LogP contribution is 2.30. The average Bonchev–Trinajstić information content (AvgIpc) is 2.61. The number of carbonyl (C=O) groups excluding carboxylic acids is 1. The topological polar surface area (TPSA) is 82.8 Å². The van der Waals surface area contributed by atoms with Gasteiger partial charge in [-0.15, -0.1) is 0 Å². The molecule has 0 aliphatic carbocycles. The van der Waals surface area contributed by atoms with Crippen molar-refractivity contribution in [2.45, 2.75) is 45.1 Å². The van der Waals surface area contributed by atoms with E-state index in [-0.39, 0.29) is 11.3 Å². The quantitative estimate of drug-likeness (QED) is 0.451. The second-order valence-electron chi connectivity index (χ2n) is 7.72. The molecule has 1 amide bonds. The lowest BCUT2D eigenvalue weighted by molar-refractivity contribution is -0.119. The first-order chi connectivity index (χ1) is 12.8. The summed E-state index contributed by atoms with van der Waals surface area (Å²) < 4.78 is 1.12. The molecule has 1 saturated heterocycles. The predicted octanol–water partition coefficient (Wildman–Crippen LogP) is 2.23. The van der Waals surface area contributed by atoms with Gasteiger partial charge in [0.2, 0.25) is 5.91 Å². The number of nitrogens with one attached hydrogen (secondary N) is 2. The van der Waals surface area contributed by atoms with Crippen molar-refractivity contribution in [1.82, 2.24) is 15.5 Å². The number of nitrogens with zero attached hydrogens (tertiary/aromatic N) is 2. The normalized spacial score (nSPS) is 17.0. The van der Waals surface area contributed by atoms with Gasteiger partial charge in [-0.05, 0) is 31.4 Å². The summed E-state index contributed by atoms with van der Waals surface area (Å²) in [5.41, 5.74) is 6.47. The van der Waals surface area contributed by atoms with Crippen LogP contribution in [0.25, 0.3) is 0 Å². The van der Waals surface area contributed by atoms with Crippen LogP contribution < -0.4 is 16.4 Å². The van der Waals surface area contributed by atoms with Crippen LogP contribution in [0.15, 0.2) is 33.7 Å². The number of likely N-dealkylation sites (tertiary alicyclic amines) is 1. The molecule has 0 atom stereocenters. The SMILES string of the molecule is CCNC(=NCC(C)(C)c1ccccc1Br)NC1CCN(CC(N)=O)CC1. The van der Waals surface area contributed by atoms with E-state index in [2.05, 4.69) is 70.4 Å². The van der Waals surface area contributed by atoms with E-state index in [1.54, 1.807) is 0 Å². The third kappa shape index (κ3) is 6.81. The van der Waals surface area contributed by atoms with Gasteiger partial charge >= 0.3 is 0 Å². The number of hydrogen-bond donors (Lipinski definition) is 3. The molecule has 1 aromatic carbocycles. The number of aliphatic imine (C=N–C) groups is 1. The lowest BCUT2D eigenvalue weighted by Crippen LogP contribution is -2.50. The molecule has 1 aliphatic rings. The van der Waals surface area contributed by atoms with Crippen molar-refractivity contribution in [2.75, 3.05) is 32.7 Å². The first-order valence-corrected chi connectivity index (χ1v) is 10.4. The molecule has 1 heterocycles. The number of amides is 1. The second-order valence-corrected chi connectivity index (χ2v) is 8.57. The van der Waals surface area contributed by atoms with Gasteiger partial charge in [0, 0.05) is 35.6 Å². The van der Waals surface area contributed by atoms with E-state index >= 15 is 0 Å². The van der Waals surface area contributed by atoms with Gasteiger partial charge in [-0.1, -0.05) is 48.0 Å². The van der Waals surface area contributed by atoms with Crippen LogP contribution in [0.1, 0.15) is 39.2 Å². The van der Waals surface area contributed by atoms with Gasteiger partial charge in [0.25, 0.3) is 0 Å². The zero-order valence-corrected chi connectivity index (χ0v) is 18.2. The lowest BCUT2D eigenvalue weighted by Gasteiger charge is -2.32. The fraction of sp³-hybridized carbons (Fsp3) is 0.600. The van der Waals surface area contributed by atoms with Crippen LogP contribution >= 0.6 is 15.9 Å². The molecule has 0 aromatic heterocycles. The zero-order chi connectivity index (χ0) is 19.9. The number of piperidine rings is 1. The number of nitrogens with two attached hydrogens (primary N) is 1. The summed E-state index contributed by atoms with van der Waals surface area (Å²) >= 11 is 3.65. The number of guanidine groups is 1. The van der Waals surface area contributed by atoms with Gasteiger partial charge in [0.05, 0.1) is 13.1 Å². The Hall–Kier alpha value is -1.60. The van der Waals surface area contributed by atoms with Gasteiger partial charge in [0.15, 0.2) is 5.96 Å². The third-order valence-corrected chi connectivity index (χ3v) is 5.58. The molecule has 0 unspecified atom stereocenters. The minimum atomic E-state index is -0.259. The van der Waals surface area contributed by atoms with Crippen LogP contribution in [0, 0.1) is 0 Å². The maximum atomic E-state index is 11.1. The Morgan fingerprint density at radius 1 is 1.33 bits per heavy atom. The molecule has 2 rings (SSSR count). The smallest absolute Gasteiger partial charge is 0.231 e.